The highest BCUT2D eigenvalue weighted by atomic mass is 79.9. The van der Waals surface area contributed by atoms with Crippen molar-refractivity contribution < 1.29 is 9.13 Å². The van der Waals surface area contributed by atoms with Gasteiger partial charge < -0.3 is 10.1 Å². The van der Waals surface area contributed by atoms with Gasteiger partial charge in [0, 0.05) is 16.6 Å². The second kappa shape index (κ2) is 7.78. The molecule has 2 rings (SSSR count). The zero-order chi connectivity index (χ0) is 15.2. The second-order valence-electron chi connectivity index (χ2n) is 4.58. The number of hydrogen-bond donors (Lipinski definition) is 1. The van der Waals surface area contributed by atoms with Crippen LogP contribution in [-0.2, 0) is 6.54 Å². The molecule has 112 valence electrons. The van der Waals surface area contributed by atoms with Gasteiger partial charge in [-0.1, -0.05) is 46.6 Å². The van der Waals surface area contributed by atoms with E-state index in [0.717, 1.165) is 23.0 Å². The van der Waals surface area contributed by atoms with E-state index < -0.39 is 5.82 Å². The van der Waals surface area contributed by atoms with Crippen LogP contribution in [0.5, 0.6) is 11.5 Å². The SMILES string of the molecule is CCCNCc1cccc(F)c1Oc1cc(Br)ccc1Cl. The van der Waals surface area contributed by atoms with Crippen molar-refractivity contribution in [1.29, 1.82) is 0 Å². The monoisotopic (exact) mass is 371 g/mol. The van der Waals surface area contributed by atoms with E-state index in [0.29, 0.717) is 17.3 Å². The smallest absolute Gasteiger partial charge is 0.167 e. The molecule has 0 fully saturated rings. The lowest BCUT2D eigenvalue weighted by Gasteiger charge is -2.14. The molecule has 0 amide bonds. The summed E-state index contributed by atoms with van der Waals surface area (Å²) in [4.78, 5) is 0. The standard InChI is InChI=1S/C16H16BrClFNO/c1-2-8-20-10-11-4-3-5-14(19)16(11)21-15-9-12(17)6-7-13(15)18/h3-7,9,20H,2,8,10H2,1H3. The van der Waals surface area contributed by atoms with Crippen LogP contribution in [0.2, 0.25) is 5.02 Å². The van der Waals surface area contributed by atoms with E-state index in [9.17, 15) is 4.39 Å². The zero-order valence-corrected chi connectivity index (χ0v) is 14.0. The summed E-state index contributed by atoms with van der Waals surface area (Å²) in [5.74, 6) is 0.232. The largest absolute Gasteiger partial charge is 0.452 e. The molecule has 0 aliphatic rings. The fourth-order valence-corrected chi connectivity index (χ4v) is 2.37. The number of rotatable bonds is 6. The molecule has 0 spiro atoms. The third-order valence-corrected chi connectivity index (χ3v) is 3.70. The van der Waals surface area contributed by atoms with Crippen molar-refractivity contribution in [3.8, 4) is 11.5 Å². The number of benzene rings is 2. The van der Waals surface area contributed by atoms with E-state index in [1.165, 1.54) is 6.07 Å². The van der Waals surface area contributed by atoms with Gasteiger partial charge in [-0.05, 0) is 37.2 Å². The van der Waals surface area contributed by atoms with Gasteiger partial charge >= 0.3 is 0 Å². The second-order valence-corrected chi connectivity index (χ2v) is 5.90. The Morgan fingerprint density at radius 3 is 2.86 bits per heavy atom. The normalized spacial score (nSPS) is 10.7. The molecule has 0 radical (unpaired) electrons. The van der Waals surface area contributed by atoms with Crippen LogP contribution in [0.4, 0.5) is 4.39 Å². The van der Waals surface area contributed by atoms with Crippen molar-refractivity contribution in [2.24, 2.45) is 0 Å². The Labute approximate surface area is 137 Å². The van der Waals surface area contributed by atoms with Crippen molar-refractivity contribution >= 4 is 27.5 Å². The molecule has 0 aliphatic heterocycles. The number of para-hydroxylation sites is 1. The first kappa shape index (κ1) is 16.3. The topological polar surface area (TPSA) is 21.3 Å². The summed E-state index contributed by atoms with van der Waals surface area (Å²) in [5, 5.41) is 3.68. The van der Waals surface area contributed by atoms with Gasteiger partial charge in [-0.25, -0.2) is 4.39 Å². The summed E-state index contributed by atoms with van der Waals surface area (Å²) in [6.07, 6.45) is 1.02. The average molecular weight is 373 g/mol. The quantitative estimate of drug-likeness (QED) is 0.673. The molecule has 21 heavy (non-hydrogen) atoms. The Hall–Kier alpha value is -1.10. The van der Waals surface area contributed by atoms with Crippen molar-refractivity contribution in [2.45, 2.75) is 19.9 Å². The summed E-state index contributed by atoms with van der Waals surface area (Å²) >= 11 is 9.45. The van der Waals surface area contributed by atoms with Crippen LogP contribution in [0, 0.1) is 5.82 Å². The Morgan fingerprint density at radius 2 is 2.10 bits per heavy atom. The summed E-state index contributed by atoms with van der Waals surface area (Å²) < 4.78 is 20.6. The highest BCUT2D eigenvalue weighted by molar-refractivity contribution is 9.10. The van der Waals surface area contributed by atoms with Gasteiger partial charge in [0.2, 0.25) is 0 Å². The number of halogens is 3. The molecule has 0 aliphatic carbocycles. The molecular weight excluding hydrogens is 357 g/mol. The lowest BCUT2D eigenvalue weighted by Crippen LogP contribution is -2.14. The van der Waals surface area contributed by atoms with Crippen molar-refractivity contribution in [3.05, 3.63) is 57.3 Å². The minimum atomic E-state index is -0.401. The Morgan fingerprint density at radius 1 is 1.29 bits per heavy atom. The van der Waals surface area contributed by atoms with Crippen molar-refractivity contribution in [3.63, 3.8) is 0 Å². The highest BCUT2D eigenvalue weighted by Crippen LogP contribution is 2.34. The molecule has 0 heterocycles. The maximum atomic E-state index is 14.1. The average Bonchev–Trinajstić information content (AvgIpc) is 2.46. The highest BCUT2D eigenvalue weighted by Gasteiger charge is 2.13. The third kappa shape index (κ3) is 4.43. The zero-order valence-electron chi connectivity index (χ0n) is 11.6. The Kier molecular flexibility index (Phi) is 6.03. The molecule has 1 N–H and O–H groups in total. The van der Waals surface area contributed by atoms with Crippen LogP contribution in [0.25, 0.3) is 0 Å². The van der Waals surface area contributed by atoms with Crippen molar-refractivity contribution in [2.75, 3.05) is 6.54 Å². The molecular formula is C16H16BrClFNO. The van der Waals surface area contributed by atoms with Gasteiger partial charge in [0.1, 0.15) is 5.75 Å². The van der Waals surface area contributed by atoms with Gasteiger partial charge in [-0.2, -0.15) is 0 Å². The minimum Gasteiger partial charge on any atom is -0.452 e. The maximum Gasteiger partial charge on any atom is 0.167 e. The summed E-state index contributed by atoms with van der Waals surface area (Å²) in [6.45, 7) is 3.50. The van der Waals surface area contributed by atoms with Crippen LogP contribution in [0.1, 0.15) is 18.9 Å². The molecule has 2 nitrogen and oxygen atoms in total. The number of hydrogen-bond acceptors (Lipinski definition) is 2. The molecule has 0 atom stereocenters. The minimum absolute atomic E-state index is 0.209. The third-order valence-electron chi connectivity index (χ3n) is 2.90. The van der Waals surface area contributed by atoms with Crippen LogP contribution in [-0.4, -0.2) is 6.54 Å². The van der Waals surface area contributed by atoms with E-state index >= 15 is 0 Å². The van der Waals surface area contributed by atoms with Crippen LogP contribution < -0.4 is 10.1 Å². The van der Waals surface area contributed by atoms with Crippen LogP contribution >= 0.6 is 27.5 Å². The van der Waals surface area contributed by atoms with Crippen molar-refractivity contribution in [1.82, 2.24) is 5.32 Å². The number of nitrogens with one attached hydrogen (secondary N) is 1. The number of ether oxygens (including phenoxy) is 1. The lowest BCUT2D eigenvalue weighted by atomic mass is 10.2. The molecule has 0 saturated heterocycles. The summed E-state index contributed by atoms with van der Waals surface area (Å²) in [7, 11) is 0. The summed E-state index contributed by atoms with van der Waals surface area (Å²) in [5.41, 5.74) is 0.763. The van der Waals surface area contributed by atoms with E-state index in [4.69, 9.17) is 16.3 Å². The molecule has 2 aromatic carbocycles. The molecule has 5 heteroatoms. The van der Waals surface area contributed by atoms with Gasteiger partial charge in [0.15, 0.2) is 11.6 Å². The molecule has 0 aromatic heterocycles. The van der Waals surface area contributed by atoms with E-state index in [1.54, 1.807) is 24.3 Å². The molecule has 0 saturated carbocycles. The molecule has 0 bridgehead atoms. The van der Waals surface area contributed by atoms with E-state index in [1.807, 2.05) is 6.07 Å². The first-order valence-electron chi connectivity index (χ1n) is 6.73. The summed E-state index contributed by atoms with van der Waals surface area (Å²) in [6, 6.07) is 10.1. The fraction of sp³-hybridized carbons (Fsp3) is 0.250. The van der Waals surface area contributed by atoms with Gasteiger partial charge in [0.05, 0.1) is 5.02 Å². The Bertz CT molecular complexity index is 621. The molecule has 2 aromatic rings. The predicted molar refractivity (Wildman–Crippen MR) is 87.6 cm³/mol. The van der Waals surface area contributed by atoms with Crippen LogP contribution in [0.3, 0.4) is 0 Å². The lowest BCUT2D eigenvalue weighted by molar-refractivity contribution is 0.433. The van der Waals surface area contributed by atoms with Gasteiger partial charge in [0.25, 0.3) is 0 Å². The van der Waals surface area contributed by atoms with Crippen LogP contribution in [0.15, 0.2) is 40.9 Å². The molecule has 0 unspecified atom stereocenters. The first-order chi connectivity index (χ1) is 10.1. The first-order valence-corrected chi connectivity index (χ1v) is 7.90. The Balaban J connectivity index is 2.27. The fourth-order valence-electron chi connectivity index (χ4n) is 1.87. The maximum absolute atomic E-state index is 14.1. The van der Waals surface area contributed by atoms with E-state index in [-0.39, 0.29) is 5.75 Å². The van der Waals surface area contributed by atoms with Gasteiger partial charge in [-0.15, -0.1) is 0 Å². The predicted octanol–water partition coefficient (Wildman–Crippen LogP) is 5.53. The van der Waals surface area contributed by atoms with Gasteiger partial charge in [-0.3, -0.25) is 0 Å². The van der Waals surface area contributed by atoms with E-state index in [2.05, 4.69) is 28.2 Å².